The number of rotatable bonds is 10. The molecule has 2 aliphatic rings. The minimum Gasteiger partial charge on any atom is -0.481 e. The molecular formula is C26H29NO5S. The van der Waals surface area contributed by atoms with Crippen LogP contribution in [0.5, 0.6) is 5.75 Å². The first-order valence-corrected chi connectivity index (χ1v) is 12.8. The highest BCUT2D eigenvalue weighted by molar-refractivity contribution is 7.78. The van der Waals surface area contributed by atoms with Crippen LogP contribution in [-0.4, -0.2) is 21.3 Å². The van der Waals surface area contributed by atoms with Gasteiger partial charge in [-0.05, 0) is 80.5 Å². The van der Waals surface area contributed by atoms with E-state index in [4.69, 9.17) is 13.7 Å². The molecule has 33 heavy (non-hydrogen) atoms. The first-order chi connectivity index (χ1) is 16.1. The van der Waals surface area contributed by atoms with Crippen molar-refractivity contribution in [2.24, 2.45) is 17.8 Å². The van der Waals surface area contributed by atoms with E-state index in [1.807, 2.05) is 36.4 Å². The number of allylic oxidation sites excluding steroid dienone is 2. The molecule has 174 valence electrons. The average Bonchev–Trinajstić information content (AvgIpc) is 3.49. The zero-order chi connectivity index (χ0) is 22.8. The van der Waals surface area contributed by atoms with Gasteiger partial charge in [-0.25, -0.2) is 4.72 Å². The molecule has 0 amide bonds. The lowest BCUT2D eigenvalue weighted by Gasteiger charge is -2.30. The van der Waals surface area contributed by atoms with E-state index < -0.39 is 17.2 Å². The Balaban J connectivity index is 1.21. The third-order valence-corrected chi connectivity index (χ3v) is 7.99. The van der Waals surface area contributed by atoms with Crippen molar-refractivity contribution in [2.75, 3.05) is 0 Å². The Morgan fingerprint density at radius 1 is 1.12 bits per heavy atom. The highest BCUT2D eigenvalue weighted by Gasteiger charge is 2.47. The number of unbranched alkanes of at least 4 members (excludes halogenated alkanes) is 1. The molecule has 2 fully saturated rings. The summed E-state index contributed by atoms with van der Waals surface area (Å²) in [6.07, 6.45) is 10.4. The maximum atomic E-state index is 12.9. The van der Waals surface area contributed by atoms with Crippen molar-refractivity contribution in [2.45, 2.75) is 51.0 Å². The summed E-state index contributed by atoms with van der Waals surface area (Å²) in [4.78, 5) is 10.6. The molecule has 2 N–H and O–H groups in total. The number of carbonyl (C=O) groups is 1. The SMILES string of the molecule is O=C(O)CCCC=CC[C@H]1C(NS(=O)Oc2ccc3oc4ccccc4c3c2)[C@@H]2CC[C@H]1C2. The number of furan rings is 1. The summed E-state index contributed by atoms with van der Waals surface area (Å²) in [5.41, 5.74) is 1.61. The molecule has 2 saturated carbocycles. The summed E-state index contributed by atoms with van der Waals surface area (Å²) in [5.74, 6) is 1.43. The third-order valence-electron chi connectivity index (χ3n) is 7.18. The van der Waals surface area contributed by atoms with E-state index in [0.29, 0.717) is 29.9 Å². The van der Waals surface area contributed by atoms with E-state index in [0.717, 1.165) is 34.8 Å². The number of fused-ring (bicyclic) bond motifs is 5. The van der Waals surface area contributed by atoms with Gasteiger partial charge in [-0.15, -0.1) is 0 Å². The Hall–Kier alpha value is -2.64. The van der Waals surface area contributed by atoms with Crippen molar-refractivity contribution < 1.29 is 22.7 Å². The fourth-order valence-corrected chi connectivity index (χ4v) is 6.57. The first-order valence-electron chi connectivity index (χ1n) is 11.7. The summed E-state index contributed by atoms with van der Waals surface area (Å²) < 4.78 is 27.8. The fourth-order valence-electron chi connectivity index (χ4n) is 5.66. The van der Waals surface area contributed by atoms with Crippen LogP contribution in [0.15, 0.2) is 59.0 Å². The van der Waals surface area contributed by atoms with E-state index in [-0.39, 0.29) is 12.5 Å². The monoisotopic (exact) mass is 467 g/mol. The summed E-state index contributed by atoms with van der Waals surface area (Å²) in [5, 5.41) is 10.7. The van der Waals surface area contributed by atoms with Gasteiger partial charge in [0, 0.05) is 23.2 Å². The predicted octanol–water partition coefficient (Wildman–Crippen LogP) is 5.75. The van der Waals surface area contributed by atoms with Crippen LogP contribution >= 0.6 is 0 Å². The lowest BCUT2D eigenvalue weighted by atomic mass is 9.83. The van der Waals surface area contributed by atoms with Crippen molar-refractivity contribution in [1.82, 2.24) is 4.72 Å². The molecule has 2 aromatic carbocycles. The van der Waals surface area contributed by atoms with Crippen LogP contribution < -0.4 is 8.91 Å². The normalized spacial score (nSPS) is 25.3. The van der Waals surface area contributed by atoms with Gasteiger partial charge in [0.15, 0.2) is 0 Å². The van der Waals surface area contributed by atoms with Crippen LogP contribution in [0.2, 0.25) is 0 Å². The molecule has 1 aromatic heterocycles. The topological polar surface area (TPSA) is 88.8 Å². The lowest BCUT2D eigenvalue weighted by molar-refractivity contribution is -0.137. The molecule has 1 heterocycles. The third kappa shape index (κ3) is 4.84. The molecule has 5 rings (SSSR count). The van der Waals surface area contributed by atoms with E-state index in [1.165, 1.54) is 19.3 Å². The van der Waals surface area contributed by atoms with Crippen LogP contribution in [0, 0.1) is 17.8 Å². The number of carboxylic acids is 1. The number of aliphatic carboxylic acids is 1. The average molecular weight is 468 g/mol. The number of hydrogen-bond acceptors (Lipinski definition) is 4. The maximum absolute atomic E-state index is 12.9. The van der Waals surface area contributed by atoms with Crippen molar-refractivity contribution in [1.29, 1.82) is 0 Å². The molecule has 7 heteroatoms. The molecule has 3 aromatic rings. The van der Waals surface area contributed by atoms with Crippen molar-refractivity contribution in [3.05, 3.63) is 54.6 Å². The Kier molecular flexibility index (Phi) is 6.51. The molecule has 0 spiro atoms. The highest BCUT2D eigenvalue weighted by Crippen LogP contribution is 2.50. The minimum absolute atomic E-state index is 0.173. The van der Waals surface area contributed by atoms with E-state index in [1.54, 1.807) is 6.07 Å². The van der Waals surface area contributed by atoms with E-state index >= 15 is 0 Å². The van der Waals surface area contributed by atoms with Crippen molar-refractivity contribution in [3.63, 3.8) is 0 Å². The van der Waals surface area contributed by atoms with Gasteiger partial charge in [0.1, 0.15) is 16.9 Å². The van der Waals surface area contributed by atoms with Crippen molar-refractivity contribution in [3.8, 4) is 5.75 Å². The Labute approximate surface area is 195 Å². The Morgan fingerprint density at radius 3 is 2.82 bits per heavy atom. The fraction of sp³-hybridized carbons (Fsp3) is 0.423. The lowest BCUT2D eigenvalue weighted by Crippen LogP contribution is -2.42. The Bertz CT molecular complexity index is 1200. The van der Waals surface area contributed by atoms with Crippen LogP contribution in [0.3, 0.4) is 0 Å². The smallest absolute Gasteiger partial charge is 0.303 e. The number of para-hydroxylation sites is 1. The number of nitrogens with one attached hydrogen (secondary N) is 1. The minimum atomic E-state index is -1.63. The second kappa shape index (κ2) is 9.69. The maximum Gasteiger partial charge on any atom is 0.303 e. The van der Waals surface area contributed by atoms with Crippen LogP contribution in [0.4, 0.5) is 0 Å². The Morgan fingerprint density at radius 2 is 1.94 bits per heavy atom. The molecular weight excluding hydrogens is 438 g/mol. The summed E-state index contributed by atoms with van der Waals surface area (Å²) in [7, 11) is 0. The van der Waals surface area contributed by atoms with Gasteiger partial charge < -0.3 is 13.7 Å². The zero-order valence-electron chi connectivity index (χ0n) is 18.4. The summed E-state index contributed by atoms with van der Waals surface area (Å²) in [6, 6.07) is 13.6. The quantitative estimate of drug-likeness (QED) is 0.293. The van der Waals surface area contributed by atoms with E-state index in [9.17, 15) is 9.00 Å². The highest BCUT2D eigenvalue weighted by atomic mass is 32.2. The molecule has 2 bridgehead atoms. The zero-order valence-corrected chi connectivity index (χ0v) is 19.3. The van der Waals surface area contributed by atoms with E-state index in [2.05, 4.69) is 16.9 Å². The molecule has 0 saturated heterocycles. The van der Waals surface area contributed by atoms with Gasteiger partial charge in [-0.2, -0.15) is 4.21 Å². The van der Waals surface area contributed by atoms with Gasteiger partial charge in [0.2, 0.25) is 0 Å². The van der Waals surface area contributed by atoms with Gasteiger partial charge in [0.25, 0.3) is 11.3 Å². The van der Waals surface area contributed by atoms with Crippen LogP contribution in [-0.2, 0) is 16.1 Å². The molecule has 6 nitrogen and oxygen atoms in total. The first kappa shape index (κ1) is 22.2. The molecule has 2 aliphatic carbocycles. The van der Waals surface area contributed by atoms with Gasteiger partial charge in [0.05, 0.1) is 0 Å². The van der Waals surface area contributed by atoms with Crippen LogP contribution in [0.25, 0.3) is 21.9 Å². The van der Waals surface area contributed by atoms with Gasteiger partial charge in [-0.1, -0.05) is 30.4 Å². The second-order valence-electron chi connectivity index (χ2n) is 9.21. The summed E-state index contributed by atoms with van der Waals surface area (Å²) >= 11 is -1.63. The summed E-state index contributed by atoms with van der Waals surface area (Å²) in [6.45, 7) is 0. The molecule has 5 atom stereocenters. The van der Waals surface area contributed by atoms with Gasteiger partial charge in [-0.3, -0.25) is 4.79 Å². The number of carboxylic acid groups (broad SMARTS) is 1. The molecule has 0 aliphatic heterocycles. The molecule has 0 radical (unpaired) electrons. The second-order valence-corrected chi connectivity index (χ2v) is 10.1. The molecule has 2 unspecified atom stereocenters. The number of benzene rings is 2. The predicted molar refractivity (Wildman–Crippen MR) is 129 cm³/mol. The largest absolute Gasteiger partial charge is 0.481 e. The van der Waals surface area contributed by atoms with Gasteiger partial charge >= 0.3 is 5.97 Å². The standard InChI is InChI=1S/C26H29NO5S/c28-25(29)10-4-2-1-3-7-20-17-11-12-18(15-17)26(20)27-33(30)32-19-13-14-24-22(16-19)21-8-5-6-9-23(21)31-24/h1,3,5-6,8-9,13-14,16-18,20,26-27H,2,4,7,10-12,15H2,(H,28,29)/t17-,18+,20+,26?,33?/m0/s1. The van der Waals surface area contributed by atoms with Crippen LogP contribution in [0.1, 0.15) is 44.9 Å². The van der Waals surface area contributed by atoms with Crippen molar-refractivity contribution >= 4 is 39.2 Å². The number of hydrogen-bond donors (Lipinski definition) is 2.